The van der Waals surface area contributed by atoms with E-state index in [1.807, 2.05) is 27.7 Å². The highest BCUT2D eigenvalue weighted by atomic mass is 16.2. The first-order valence-corrected chi connectivity index (χ1v) is 11.8. The summed E-state index contributed by atoms with van der Waals surface area (Å²) in [6.45, 7) is 8.63. The van der Waals surface area contributed by atoms with Crippen LogP contribution in [0.2, 0.25) is 0 Å². The summed E-state index contributed by atoms with van der Waals surface area (Å²) < 4.78 is 1.57. The number of fused-ring (bicyclic) bond motifs is 1. The molecule has 194 valence electrons. The summed E-state index contributed by atoms with van der Waals surface area (Å²) in [6.07, 6.45) is 3.95. The van der Waals surface area contributed by atoms with Gasteiger partial charge in [-0.2, -0.15) is 9.97 Å². The number of aliphatic imine (C=N–C) groups is 1. The van der Waals surface area contributed by atoms with Gasteiger partial charge in [0.1, 0.15) is 12.1 Å². The molecule has 2 aromatic heterocycles. The van der Waals surface area contributed by atoms with Crippen LogP contribution in [0.25, 0.3) is 11.2 Å². The van der Waals surface area contributed by atoms with Gasteiger partial charge in [-0.3, -0.25) is 14.6 Å². The van der Waals surface area contributed by atoms with Crippen LogP contribution in [0.5, 0.6) is 0 Å². The lowest BCUT2D eigenvalue weighted by molar-refractivity contribution is -0.137. The maximum Gasteiger partial charge on any atom is 0.243 e. The van der Waals surface area contributed by atoms with Crippen LogP contribution in [0, 0.1) is 5.92 Å². The Labute approximate surface area is 205 Å². The van der Waals surface area contributed by atoms with Crippen molar-refractivity contribution in [2.45, 2.75) is 65.6 Å². The van der Waals surface area contributed by atoms with Gasteiger partial charge in [0, 0.05) is 31.1 Å². The Balaban J connectivity index is 2.19. The van der Waals surface area contributed by atoms with Gasteiger partial charge in [0.2, 0.25) is 11.9 Å². The van der Waals surface area contributed by atoms with Gasteiger partial charge in [0.05, 0.1) is 12.9 Å². The largest absolute Gasteiger partial charge is 0.382 e. The van der Waals surface area contributed by atoms with Crippen molar-refractivity contribution in [3.8, 4) is 0 Å². The second kappa shape index (κ2) is 12.8. The number of nitrogens with two attached hydrogens (primary N) is 4. The van der Waals surface area contributed by atoms with E-state index in [-0.39, 0.29) is 60.5 Å². The fraction of sp³-hybridized carbons (Fsp3) is 0.636. The summed E-state index contributed by atoms with van der Waals surface area (Å²) in [5, 5.41) is 3.51. The predicted octanol–water partition coefficient (Wildman–Crippen LogP) is -0.145. The number of Topliss-reactive ketones (excluding diaryl/α,β-unsaturated/α-hetero) is 1. The first-order chi connectivity index (χ1) is 16.5. The van der Waals surface area contributed by atoms with E-state index < -0.39 is 0 Å². The number of unbranched alkanes of at least 4 members (excludes halogenated alkanes) is 1. The van der Waals surface area contributed by atoms with Gasteiger partial charge in [-0.15, -0.1) is 0 Å². The molecule has 0 unspecified atom stereocenters. The molecule has 35 heavy (non-hydrogen) atoms. The van der Waals surface area contributed by atoms with Gasteiger partial charge in [0.15, 0.2) is 23.2 Å². The number of guanidine groups is 1. The lowest BCUT2D eigenvalue weighted by Crippen LogP contribution is -2.48. The second-order valence-electron chi connectivity index (χ2n) is 9.23. The van der Waals surface area contributed by atoms with Gasteiger partial charge in [-0.25, -0.2) is 4.98 Å². The first kappa shape index (κ1) is 27.8. The van der Waals surface area contributed by atoms with Crippen molar-refractivity contribution in [3.63, 3.8) is 0 Å². The predicted molar refractivity (Wildman–Crippen MR) is 137 cm³/mol. The highest BCUT2D eigenvalue weighted by Crippen LogP contribution is 2.17. The monoisotopic (exact) mass is 489 g/mol. The van der Waals surface area contributed by atoms with Crippen molar-refractivity contribution >= 4 is 40.6 Å². The molecule has 1 atom stereocenters. The smallest absolute Gasteiger partial charge is 0.243 e. The van der Waals surface area contributed by atoms with Crippen molar-refractivity contribution in [1.29, 1.82) is 0 Å². The van der Waals surface area contributed by atoms with Crippen molar-refractivity contribution in [1.82, 2.24) is 29.7 Å². The normalized spacial score (nSPS) is 12.3. The molecule has 0 aliphatic carbocycles. The molecule has 2 rings (SSSR count). The number of imidazole rings is 1. The minimum atomic E-state index is -0.231. The fourth-order valence-corrected chi connectivity index (χ4v) is 3.65. The van der Waals surface area contributed by atoms with Crippen LogP contribution in [-0.2, 0) is 16.1 Å². The summed E-state index contributed by atoms with van der Waals surface area (Å²) >= 11 is 0. The highest BCUT2D eigenvalue weighted by molar-refractivity contribution is 5.88. The number of nitrogens with one attached hydrogen (secondary N) is 1. The third kappa shape index (κ3) is 8.67. The molecule has 0 saturated carbocycles. The van der Waals surface area contributed by atoms with Crippen LogP contribution < -0.4 is 28.3 Å². The zero-order valence-electron chi connectivity index (χ0n) is 21.1. The SMILES string of the molecule is CC(C)N[C@@H](CCCCN=C(N)N)CN(CC(=O)C(C)C)C(=O)Cn1cnc2c(N)nc(N)nc21. The number of hydrogen-bond acceptors (Lipinski definition) is 9. The van der Waals surface area contributed by atoms with Crippen LogP contribution in [-0.4, -0.2) is 73.8 Å². The Kier molecular flexibility index (Phi) is 10.2. The van der Waals surface area contributed by atoms with E-state index in [0.29, 0.717) is 24.3 Å². The maximum absolute atomic E-state index is 13.4. The van der Waals surface area contributed by atoms with Crippen LogP contribution in [0.4, 0.5) is 11.8 Å². The Morgan fingerprint density at radius 3 is 2.49 bits per heavy atom. The van der Waals surface area contributed by atoms with E-state index >= 15 is 0 Å². The number of carbonyl (C=O) groups is 2. The fourth-order valence-electron chi connectivity index (χ4n) is 3.65. The topological polar surface area (TPSA) is 209 Å². The number of amides is 1. The zero-order valence-corrected chi connectivity index (χ0v) is 21.1. The molecular formula is C22H39N11O2. The lowest BCUT2D eigenvalue weighted by atomic mass is 10.1. The molecule has 9 N–H and O–H groups in total. The first-order valence-electron chi connectivity index (χ1n) is 11.8. The molecule has 0 saturated heterocycles. The van der Waals surface area contributed by atoms with E-state index in [0.717, 1.165) is 19.3 Å². The number of aromatic nitrogens is 4. The van der Waals surface area contributed by atoms with Gasteiger partial charge >= 0.3 is 0 Å². The molecule has 13 heteroatoms. The molecular weight excluding hydrogens is 450 g/mol. The standard InChI is InChI=1S/C22H39N11O2/c1-13(2)16(34)10-32(9-15(29-14(3)4)7-5-6-8-27-21(24)25)17(35)11-33-12-28-18-19(23)30-22(26)31-20(18)33/h12-15,29H,5-11H2,1-4H3,(H4,24,25,27)(H4,23,26,30,31)/t15-/m0/s1. The van der Waals surface area contributed by atoms with Crippen molar-refractivity contribution in [2.24, 2.45) is 22.4 Å². The number of nitrogen functional groups attached to an aromatic ring is 2. The Morgan fingerprint density at radius 2 is 1.86 bits per heavy atom. The second-order valence-corrected chi connectivity index (χ2v) is 9.23. The highest BCUT2D eigenvalue weighted by Gasteiger charge is 2.24. The lowest BCUT2D eigenvalue weighted by Gasteiger charge is -2.30. The third-order valence-electron chi connectivity index (χ3n) is 5.42. The number of carbonyl (C=O) groups excluding carboxylic acids is 2. The molecule has 0 aliphatic rings. The van der Waals surface area contributed by atoms with Crippen LogP contribution in [0.1, 0.15) is 47.0 Å². The van der Waals surface area contributed by atoms with E-state index in [2.05, 4.69) is 25.3 Å². The van der Waals surface area contributed by atoms with Gasteiger partial charge in [0.25, 0.3) is 0 Å². The Bertz CT molecular complexity index is 1030. The number of anilines is 2. The molecule has 0 spiro atoms. The minimum absolute atomic E-state index is 0.00188. The molecule has 0 aliphatic heterocycles. The van der Waals surface area contributed by atoms with E-state index in [4.69, 9.17) is 22.9 Å². The molecule has 1 amide bonds. The van der Waals surface area contributed by atoms with Crippen molar-refractivity contribution in [3.05, 3.63) is 6.33 Å². The quantitative estimate of drug-likeness (QED) is 0.135. The molecule has 2 heterocycles. The summed E-state index contributed by atoms with van der Waals surface area (Å²) in [7, 11) is 0. The average Bonchev–Trinajstić information content (AvgIpc) is 3.14. The molecule has 0 aromatic carbocycles. The Morgan fingerprint density at radius 1 is 1.14 bits per heavy atom. The maximum atomic E-state index is 13.4. The van der Waals surface area contributed by atoms with Crippen LogP contribution in [0.15, 0.2) is 11.3 Å². The molecule has 2 aromatic rings. The van der Waals surface area contributed by atoms with Crippen molar-refractivity contribution < 1.29 is 9.59 Å². The summed E-state index contributed by atoms with van der Waals surface area (Å²) in [5.74, 6) is -0.217. The number of nitrogens with zero attached hydrogens (tertiary/aromatic N) is 6. The van der Waals surface area contributed by atoms with Crippen LogP contribution >= 0.6 is 0 Å². The molecule has 0 bridgehead atoms. The van der Waals surface area contributed by atoms with Crippen molar-refractivity contribution in [2.75, 3.05) is 31.1 Å². The van der Waals surface area contributed by atoms with E-state index in [1.54, 1.807) is 9.47 Å². The number of ketones is 1. The van der Waals surface area contributed by atoms with E-state index in [1.165, 1.54) is 6.33 Å². The molecule has 0 radical (unpaired) electrons. The molecule has 0 fully saturated rings. The summed E-state index contributed by atoms with van der Waals surface area (Å²) in [5.41, 5.74) is 23.1. The van der Waals surface area contributed by atoms with E-state index in [9.17, 15) is 9.59 Å². The zero-order chi connectivity index (χ0) is 26.1. The van der Waals surface area contributed by atoms with Gasteiger partial charge < -0.3 is 37.7 Å². The Hall–Kier alpha value is -3.48. The summed E-state index contributed by atoms with van der Waals surface area (Å²) in [6, 6.07) is 0.196. The average molecular weight is 490 g/mol. The minimum Gasteiger partial charge on any atom is -0.382 e. The number of rotatable bonds is 14. The molecule has 13 nitrogen and oxygen atoms in total. The van der Waals surface area contributed by atoms with Gasteiger partial charge in [-0.05, 0) is 19.3 Å². The summed E-state index contributed by atoms with van der Waals surface area (Å²) in [4.78, 5) is 43.9. The third-order valence-corrected chi connectivity index (χ3v) is 5.42. The van der Waals surface area contributed by atoms with Crippen LogP contribution in [0.3, 0.4) is 0 Å². The number of hydrogen-bond donors (Lipinski definition) is 5. The van der Waals surface area contributed by atoms with Gasteiger partial charge in [-0.1, -0.05) is 27.7 Å².